The van der Waals surface area contributed by atoms with Gasteiger partial charge in [-0.2, -0.15) is 0 Å². The second-order valence-electron chi connectivity index (χ2n) is 1.85. The van der Waals surface area contributed by atoms with Crippen LogP contribution in [-0.2, 0) is 0 Å². The molecule has 1 aliphatic carbocycles. The highest BCUT2D eigenvalue weighted by atomic mass is 13.8. The number of allylic oxidation sites excluding steroid dienone is 7. The first kappa shape index (κ1) is 8.96. The molecule has 0 radical (unpaired) electrons. The van der Waals surface area contributed by atoms with Crippen LogP contribution >= 0.6 is 0 Å². The summed E-state index contributed by atoms with van der Waals surface area (Å²) in [7, 11) is 0. The average molecular weight is 134 g/mol. The van der Waals surface area contributed by atoms with Gasteiger partial charge in [0.1, 0.15) is 0 Å². The molecular weight excluding hydrogens is 120 g/mol. The van der Waals surface area contributed by atoms with Crippen LogP contribution in [0, 0.1) is 0 Å². The molecule has 0 fully saturated rings. The monoisotopic (exact) mass is 134 g/mol. The summed E-state index contributed by atoms with van der Waals surface area (Å²) in [6, 6.07) is 0. The zero-order valence-electron chi connectivity index (χ0n) is 6.46. The maximum absolute atomic E-state index is 3.46. The highest BCUT2D eigenvalue weighted by molar-refractivity contribution is 5.11. The topological polar surface area (TPSA) is 0 Å². The number of hydrogen-bond acceptors (Lipinski definition) is 0. The van der Waals surface area contributed by atoms with Crippen molar-refractivity contribution in [3.05, 3.63) is 49.1 Å². The predicted molar refractivity (Wildman–Crippen MR) is 47.9 cm³/mol. The van der Waals surface area contributed by atoms with Crippen LogP contribution in [-0.4, -0.2) is 0 Å². The lowest BCUT2D eigenvalue weighted by Crippen LogP contribution is -1.37. The van der Waals surface area contributed by atoms with E-state index in [2.05, 4.69) is 30.9 Å². The predicted octanol–water partition coefficient (Wildman–Crippen LogP) is 3.25. The van der Waals surface area contributed by atoms with Crippen molar-refractivity contribution in [2.75, 3.05) is 0 Å². The molecule has 0 aliphatic heterocycles. The van der Waals surface area contributed by atoms with Gasteiger partial charge in [0.15, 0.2) is 0 Å². The van der Waals surface area contributed by atoms with Crippen molar-refractivity contribution < 1.29 is 0 Å². The SMILES string of the molecule is C1=CCC=C1.C=C/C=C/C. The van der Waals surface area contributed by atoms with Crippen molar-refractivity contribution >= 4 is 0 Å². The number of rotatable bonds is 1. The molecule has 0 aromatic heterocycles. The summed E-state index contributed by atoms with van der Waals surface area (Å²) in [5.74, 6) is 0. The Morgan fingerprint density at radius 1 is 1.30 bits per heavy atom. The van der Waals surface area contributed by atoms with E-state index < -0.39 is 0 Å². The van der Waals surface area contributed by atoms with Gasteiger partial charge in [-0.25, -0.2) is 0 Å². The summed E-state index contributed by atoms with van der Waals surface area (Å²) in [5.41, 5.74) is 0. The second kappa shape index (κ2) is 7.96. The average Bonchev–Trinajstić information content (AvgIpc) is 2.44. The van der Waals surface area contributed by atoms with E-state index in [1.54, 1.807) is 6.08 Å². The molecule has 0 nitrogen and oxygen atoms in total. The minimum atomic E-state index is 1.14. The zero-order valence-corrected chi connectivity index (χ0v) is 6.46. The molecule has 0 N–H and O–H groups in total. The van der Waals surface area contributed by atoms with E-state index >= 15 is 0 Å². The molecule has 0 spiro atoms. The first-order chi connectivity index (χ1) is 4.91. The standard InChI is InChI=1S/C5H6.C5H8/c1-2-4-5-3-1;1-3-5-4-2/h1-4H,5H2;3-5H,1H2,2H3/b;5-4+. The van der Waals surface area contributed by atoms with E-state index in [0.717, 1.165) is 6.42 Å². The van der Waals surface area contributed by atoms with Gasteiger partial charge < -0.3 is 0 Å². The maximum atomic E-state index is 3.46. The highest BCUT2D eigenvalue weighted by Gasteiger charge is 1.72. The van der Waals surface area contributed by atoms with Crippen LogP contribution in [0.1, 0.15) is 13.3 Å². The Morgan fingerprint density at radius 2 is 1.90 bits per heavy atom. The maximum Gasteiger partial charge on any atom is -0.0163 e. The van der Waals surface area contributed by atoms with Gasteiger partial charge in [-0.15, -0.1) is 0 Å². The Balaban J connectivity index is 0.000000162. The Labute approximate surface area is 63.3 Å². The lowest BCUT2D eigenvalue weighted by molar-refractivity contribution is 1.45. The van der Waals surface area contributed by atoms with Gasteiger partial charge in [0.05, 0.1) is 0 Å². The van der Waals surface area contributed by atoms with E-state index in [4.69, 9.17) is 0 Å². The summed E-state index contributed by atoms with van der Waals surface area (Å²) in [5, 5.41) is 0. The molecule has 10 heavy (non-hydrogen) atoms. The van der Waals surface area contributed by atoms with Crippen LogP contribution in [0.2, 0.25) is 0 Å². The minimum Gasteiger partial charge on any atom is -0.0991 e. The van der Waals surface area contributed by atoms with Gasteiger partial charge in [-0.05, 0) is 13.3 Å². The minimum absolute atomic E-state index is 1.14. The van der Waals surface area contributed by atoms with Crippen LogP contribution in [0.25, 0.3) is 0 Å². The lowest BCUT2D eigenvalue weighted by atomic mass is 10.5. The molecule has 1 aliphatic rings. The van der Waals surface area contributed by atoms with Gasteiger partial charge in [0.2, 0.25) is 0 Å². The van der Waals surface area contributed by atoms with Crippen molar-refractivity contribution in [1.29, 1.82) is 0 Å². The van der Waals surface area contributed by atoms with Gasteiger partial charge in [-0.1, -0.05) is 49.1 Å². The van der Waals surface area contributed by atoms with E-state index in [1.807, 2.05) is 19.1 Å². The molecule has 0 bridgehead atoms. The molecular formula is C10H14. The summed E-state index contributed by atoms with van der Waals surface area (Å²) < 4.78 is 0. The van der Waals surface area contributed by atoms with Crippen LogP contribution in [0.15, 0.2) is 49.1 Å². The van der Waals surface area contributed by atoms with Crippen molar-refractivity contribution in [3.8, 4) is 0 Å². The third kappa shape index (κ3) is 6.96. The van der Waals surface area contributed by atoms with E-state index in [1.165, 1.54) is 0 Å². The fraction of sp³-hybridized carbons (Fsp3) is 0.200. The molecule has 0 aromatic carbocycles. The smallest absolute Gasteiger partial charge is 0.0163 e. The zero-order chi connectivity index (χ0) is 7.66. The van der Waals surface area contributed by atoms with Crippen molar-refractivity contribution in [2.45, 2.75) is 13.3 Å². The van der Waals surface area contributed by atoms with Crippen LogP contribution in [0.3, 0.4) is 0 Å². The summed E-state index contributed by atoms with van der Waals surface area (Å²) in [6.45, 7) is 5.42. The fourth-order valence-corrected chi connectivity index (χ4v) is 0.529. The molecule has 0 aromatic rings. The van der Waals surface area contributed by atoms with Gasteiger partial charge >= 0.3 is 0 Å². The van der Waals surface area contributed by atoms with Crippen LogP contribution in [0.5, 0.6) is 0 Å². The van der Waals surface area contributed by atoms with Crippen LogP contribution < -0.4 is 0 Å². The summed E-state index contributed by atoms with van der Waals surface area (Å²) in [4.78, 5) is 0. The molecule has 1 rings (SSSR count). The first-order valence-corrected chi connectivity index (χ1v) is 3.47. The lowest BCUT2D eigenvalue weighted by Gasteiger charge is -1.57. The van der Waals surface area contributed by atoms with E-state index in [9.17, 15) is 0 Å². The molecule has 0 saturated heterocycles. The Bertz CT molecular complexity index is 135. The Kier molecular flexibility index (Phi) is 7.13. The fourth-order valence-electron chi connectivity index (χ4n) is 0.529. The molecule has 0 atom stereocenters. The van der Waals surface area contributed by atoms with Gasteiger partial charge in [-0.3, -0.25) is 0 Å². The Hall–Kier alpha value is -1.04. The summed E-state index contributed by atoms with van der Waals surface area (Å²) in [6.07, 6.45) is 15.1. The largest absolute Gasteiger partial charge is 0.0991 e. The van der Waals surface area contributed by atoms with E-state index in [-0.39, 0.29) is 0 Å². The third-order valence-electron chi connectivity index (χ3n) is 0.984. The quantitative estimate of drug-likeness (QED) is 0.483. The van der Waals surface area contributed by atoms with Crippen molar-refractivity contribution in [3.63, 3.8) is 0 Å². The van der Waals surface area contributed by atoms with E-state index in [0.29, 0.717) is 0 Å². The summed E-state index contributed by atoms with van der Waals surface area (Å²) >= 11 is 0. The van der Waals surface area contributed by atoms with Gasteiger partial charge in [0, 0.05) is 0 Å². The Morgan fingerprint density at radius 3 is 2.00 bits per heavy atom. The molecule has 0 unspecified atom stereocenters. The second-order valence-corrected chi connectivity index (χ2v) is 1.85. The van der Waals surface area contributed by atoms with Crippen LogP contribution in [0.4, 0.5) is 0 Å². The molecule has 0 amide bonds. The third-order valence-corrected chi connectivity index (χ3v) is 0.984. The molecule has 0 heterocycles. The molecule has 0 saturated carbocycles. The van der Waals surface area contributed by atoms with Crippen molar-refractivity contribution in [1.82, 2.24) is 0 Å². The van der Waals surface area contributed by atoms with Gasteiger partial charge in [0.25, 0.3) is 0 Å². The normalized spacial score (nSPS) is 13.3. The number of hydrogen-bond donors (Lipinski definition) is 0. The highest BCUT2D eigenvalue weighted by Crippen LogP contribution is 1.93. The molecule has 54 valence electrons. The first-order valence-electron chi connectivity index (χ1n) is 3.47. The molecule has 0 heteroatoms. The van der Waals surface area contributed by atoms with Crippen molar-refractivity contribution in [2.24, 2.45) is 0 Å².